The molecule has 1 amide bonds. The van der Waals surface area contributed by atoms with Crippen molar-refractivity contribution in [2.24, 2.45) is 0 Å². The van der Waals surface area contributed by atoms with Crippen LogP contribution in [0.1, 0.15) is 32.5 Å². The Morgan fingerprint density at radius 3 is 2.59 bits per heavy atom. The third-order valence-corrected chi connectivity index (χ3v) is 6.10. The fourth-order valence-corrected chi connectivity index (χ4v) is 4.78. The summed E-state index contributed by atoms with van der Waals surface area (Å²) in [6.07, 6.45) is 1.95. The van der Waals surface area contributed by atoms with E-state index in [1.54, 1.807) is 6.08 Å². The number of carboxylic acids is 1. The van der Waals surface area contributed by atoms with E-state index < -0.39 is 5.97 Å². The number of amides is 1. The van der Waals surface area contributed by atoms with Gasteiger partial charge in [-0.2, -0.15) is 0 Å². The van der Waals surface area contributed by atoms with Crippen LogP contribution in [0.3, 0.4) is 0 Å². The Morgan fingerprint density at radius 1 is 1.21 bits per heavy atom. The predicted molar refractivity (Wildman–Crippen MR) is 114 cm³/mol. The number of carbonyl (C=O) groups excluding carboxylic acids is 1. The summed E-state index contributed by atoms with van der Waals surface area (Å²) in [7, 11) is 0. The van der Waals surface area contributed by atoms with Gasteiger partial charge >= 0.3 is 5.97 Å². The quantitative estimate of drug-likeness (QED) is 0.556. The second-order valence-corrected chi connectivity index (χ2v) is 7.74. The maximum Gasteiger partial charge on any atom is 0.346 e. The number of hydrogen-bond donors (Lipinski definition) is 2. The molecule has 1 unspecified atom stereocenters. The molecule has 0 saturated heterocycles. The number of anilines is 1. The zero-order valence-corrected chi connectivity index (χ0v) is 16.4. The molecule has 2 heterocycles. The average molecular weight is 405 g/mol. The predicted octanol–water partition coefficient (Wildman–Crippen LogP) is 5.15. The van der Waals surface area contributed by atoms with Crippen LogP contribution in [0.15, 0.2) is 67.3 Å². The molecule has 5 nitrogen and oxygen atoms in total. The standard InChI is InChI=1S/C23H19NO4S/c1-2-12-28-16-10-8-14(9-11-16)17-13-18(25)24-20-19(15-6-4-3-5-7-15)22(23(26)27)29-21(17)20/h2-11,17H,1,12-13H2,(H,24,25)(H,26,27). The van der Waals surface area contributed by atoms with Gasteiger partial charge in [0.05, 0.1) is 5.69 Å². The SMILES string of the molecule is C=CCOc1ccc(C2CC(=O)Nc3c2sc(C(=O)O)c3-c2ccccc2)cc1. The molecule has 0 radical (unpaired) electrons. The highest BCUT2D eigenvalue weighted by Gasteiger charge is 2.34. The molecule has 29 heavy (non-hydrogen) atoms. The van der Waals surface area contributed by atoms with Crippen LogP contribution in [0, 0.1) is 0 Å². The van der Waals surface area contributed by atoms with Gasteiger partial charge in [0.25, 0.3) is 0 Å². The molecule has 1 aliphatic rings. The third-order valence-electron chi connectivity index (χ3n) is 4.81. The summed E-state index contributed by atoms with van der Waals surface area (Å²) in [5.41, 5.74) is 2.90. The smallest absolute Gasteiger partial charge is 0.346 e. The van der Waals surface area contributed by atoms with Crippen LogP contribution in [0.4, 0.5) is 5.69 Å². The first-order valence-electron chi connectivity index (χ1n) is 9.17. The minimum atomic E-state index is -0.996. The van der Waals surface area contributed by atoms with Gasteiger partial charge in [-0.15, -0.1) is 11.3 Å². The van der Waals surface area contributed by atoms with Crippen LogP contribution in [-0.2, 0) is 4.79 Å². The van der Waals surface area contributed by atoms with Gasteiger partial charge in [-0.3, -0.25) is 4.79 Å². The molecule has 1 aliphatic heterocycles. The minimum Gasteiger partial charge on any atom is -0.490 e. The van der Waals surface area contributed by atoms with Gasteiger partial charge < -0.3 is 15.2 Å². The summed E-state index contributed by atoms with van der Waals surface area (Å²) in [5, 5.41) is 12.7. The van der Waals surface area contributed by atoms with Gasteiger partial charge in [0, 0.05) is 22.8 Å². The largest absolute Gasteiger partial charge is 0.490 e. The highest BCUT2D eigenvalue weighted by molar-refractivity contribution is 7.15. The van der Waals surface area contributed by atoms with Crippen molar-refractivity contribution in [1.82, 2.24) is 0 Å². The van der Waals surface area contributed by atoms with E-state index in [2.05, 4.69) is 11.9 Å². The van der Waals surface area contributed by atoms with E-state index in [0.717, 1.165) is 21.8 Å². The summed E-state index contributed by atoms with van der Waals surface area (Å²) < 4.78 is 5.53. The number of thiophene rings is 1. The molecule has 1 atom stereocenters. The highest BCUT2D eigenvalue weighted by atomic mass is 32.1. The third kappa shape index (κ3) is 3.67. The van der Waals surface area contributed by atoms with E-state index in [9.17, 15) is 14.7 Å². The summed E-state index contributed by atoms with van der Waals surface area (Å²) in [5.74, 6) is -0.602. The number of nitrogens with one attached hydrogen (secondary N) is 1. The van der Waals surface area contributed by atoms with Crippen LogP contribution in [0.5, 0.6) is 5.75 Å². The zero-order chi connectivity index (χ0) is 20.4. The number of carboxylic acid groups (broad SMARTS) is 1. The molecule has 0 bridgehead atoms. The normalized spacial score (nSPS) is 15.3. The Bertz CT molecular complexity index is 1070. The molecule has 2 aromatic carbocycles. The molecule has 3 aromatic rings. The Hall–Kier alpha value is -3.38. The molecule has 0 fully saturated rings. The lowest BCUT2D eigenvalue weighted by Gasteiger charge is -2.24. The van der Waals surface area contributed by atoms with Gasteiger partial charge in [0.2, 0.25) is 5.91 Å². The molecule has 0 aliphatic carbocycles. The zero-order valence-electron chi connectivity index (χ0n) is 15.6. The Kier molecular flexibility index (Phi) is 5.18. The van der Waals surface area contributed by atoms with Crippen LogP contribution in [-0.4, -0.2) is 23.6 Å². The van der Waals surface area contributed by atoms with Crippen molar-refractivity contribution in [3.05, 3.63) is 82.6 Å². The molecular formula is C23H19NO4S. The van der Waals surface area contributed by atoms with Crippen LogP contribution < -0.4 is 10.1 Å². The topological polar surface area (TPSA) is 75.6 Å². The summed E-state index contributed by atoms with van der Waals surface area (Å²) in [6.45, 7) is 4.05. The first-order valence-corrected chi connectivity index (χ1v) is 9.99. The first-order chi connectivity index (χ1) is 14.1. The lowest BCUT2D eigenvalue weighted by Crippen LogP contribution is -2.22. The second-order valence-electron chi connectivity index (χ2n) is 6.69. The lowest BCUT2D eigenvalue weighted by molar-refractivity contribution is -0.116. The van der Waals surface area contributed by atoms with Gasteiger partial charge in [0.15, 0.2) is 0 Å². The van der Waals surface area contributed by atoms with Crippen molar-refractivity contribution >= 4 is 28.9 Å². The van der Waals surface area contributed by atoms with Gasteiger partial charge in [0.1, 0.15) is 17.2 Å². The van der Waals surface area contributed by atoms with Crippen molar-refractivity contribution in [2.75, 3.05) is 11.9 Å². The van der Waals surface area contributed by atoms with Crippen molar-refractivity contribution in [2.45, 2.75) is 12.3 Å². The Morgan fingerprint density at radius 2 is 1.93 bits per heavy atom. The van der Waals surface area contributed by atoms with Crippen LogP contribution >= 0.6 is 11.3 Å². The molecule has 6 heteroatoms. The molecule has 0 spiro atoms. The van der Waals surface area contributed by atoms with Crippen molar-refractivity contribution in [3.8, 4) is 16.9 Å². The average Bonchev–Trinajstić information content (AvgIpc) is 3.12. The fourth-order valence-electron chi connectivity index (χ4n) is 3.54. The summed E-state index contributed by atoms with van der Waals surface area (Å²) in [6, 6.07) is 16.9. The lowest BCUT2D eigenvalue weighted by atomic mass is 9.88. The van der Waals surface area contributed by atoms with Gasteiger partial charge in [-0.1, -0.05) is 55.1 Å². The number of carbonyl (C=O) groups is 2. The first kappa shape index (κ1) is 19.0. The Balaban J connectivity index is 1.80. The Labute approximate surface area is 172 Å². The maximum absolute atomic E-state index is 12.5. The molecule has 0 saturated carbocycles. The fraction of sp³-hybridized carbons (Fsp3) is 0.130. The van der Waals surface area contributed by atoms with Crippen LogP contribution in [0.25, 0.3) is 11.1 Å². The minimum absolute atomic E-state index is 0.124. The molecule has 146 valence electrons. The second kappa shape index (κ2) is 7.93. The van der Waals surface area contributed by atoms with Gasteiger partial charge in [-0.25, -0.2) is 4.79 Å². The molecule has 1 aromatic heterocycles. The van der Waals surface area contributed by atoms with E-state index in [-0.39, 0.29) is 23.1 Å². The molecule has 4 rings (SSSR count). The van der Waals surface area contributed by atoms with E-state index >= 15 is 0 Å². The van der Waals surface area contributed by atoms with E-state index in [1.165, 1.54) is 11.3 Å². The molecule has 2 N–H and O–H groups in total. The number of aromatic carboxylic acids is 1. The molecular weight excluding hydrogens is 386 g/mol. The van der Waals surface area contributed by atoms with Crippen molar-refractivity contribution < 1.29 is 19.4 Å². The number of fused-ring (bicyclic) bond motifs is 1. The number of hydrogen-bond acceptors (Lipinski definition) is 4. The highest BCUT2D eigenvalue weighted by Crippen LogP contribution is 2.49. The van der Waals surface area contributed by atoms with E-state index in [4.69, 9.17) is 4.74 Å². The van der Waals surface area contributed by atoms with Gasteiger partial charge in [-0.05, 0) is 23.3 Å². The van der Waals surface area contributed by atoms with Crippen molar-refractivity contribution in [3.63, 3.8) is 0 Å². The number of rotatable bonds is 6. The summed E-state index contributed by atoms with van der Waals surface area (Å²) >= 11 is 1.23. The summed E-state index contributed by atoms with van der Waals surface area (Å²) in [4.78, 5) is 25.5. The monoisotopic (exact) mass is 405 g/mol. The number of ether oxygens (including phenoxy) is 1. The van der Waals surface area contributed by atoms with E-state index in [1.807, 2.05) is 54.6 Å². The van der Waals surface area contributed by atoms with Crippen LogP contribution in [0.2, 0.25) is 0 Å². The maximum atomic E-state index is 12.5. The van der Waals surface area contributed by atoms with E-state index in [0.29, 0.717) is 17.9 Å². The number of benzene rings is 2. The van der Waals surface area contributed by atoms with Crippen molar-refractivity contribution in [1.29, 1.82) is 0 Å².